The van der Waals surface area contributed by atoms with Gasteiger partial charge in [-0.15, -0.1) is 0 Å². The van der Waals surface area contributed by atoms with E-state index in [0.29, 0.717) is 5.56 Å². The third kappa shape index (κ3) is 5.09. The molecule has 0 fully saturated rings. The van der Waals surface area contributed by atoms with Gasteiger partial charge < -0.3 is 11.1 Å². The lowest BCUT2D eigenvalue weighted by molar-refractivity contribution is -0.121. The van der Waals surface area contributed by atoms with Crippen molar-refractivity contribution in [3.63, 3.8) is 0 Å². The molecule has 0 spiro atoms. The molecule has 0 saturated carbocycles. The third-order valence-electron chi connectivity index (χ3n) is 3.70. The predicted molar refractivity (Wildman–Crippen MR) is 94.2 cm³/mol. The molecule has 2 unspecified atom stereocenters. The summed E-state index contributed by atoms with van der Waals surface area (Å²) >= 11 is 0. The van der Waals surface area contributed by atoms with E-state index in [2.05, 4.69) is 5.32 Å². The van der Waals surface area contributed by atoms with Gasteiger partial charge in [0.2, 0.25) is 5.91 Å². The molecular weight excluding hydrogens is 362 g/mol. The molecule has 3 N–H and O–H groups in total. The number of carbonyl (C=O) groups is 1. The van der Waals surface area contributed by atoms with Crippen molar-refractivity contribution in [1.29, 1.82) is 0 Å². The SMILES string of the molecule is CC(N)CC(=O)NC(c1cccc(S(C)(=O)=O)c1)c1cc(F)ccc1F. The number of hydrogen-bond donors (Lipinski definition) is 2. The van der Waals surface area contributed by atoms with E-state index in [9.17, 15) is 22.0 Å². The van der Waals surface area contributed by atoms with Crippen LogP contribution in [0.15, 0.2) is 47.4 Å². The Hall–Kier alpha value is -2.32. The Labute approximate surface area is 151 Å². The molecule has 140 valence electrons. The first-order valence-electron chi connectivity index (χ1n) is 7.88. The molecule has 0 heterocycles. The van der Waals surface area contributed by atoms with Crippen molar-refractivity contribution in [1.82, 2.24) is 5.32 Å². The normalized spacial score (nSPS) is 13.9. The summed E-state index contributed by atoms with van der Waals surface area (Å²) in [7, 11) is -3.51. The second-order valence-corrected chi connectivity index (χ2v) is 8.21. The molecule has 0 aromatic heterocycles. The van der Waals surface area contributed by atoms with E-state index in [1.165, 1.54) is 24.3 Å². The summed E-state index contributed by atoms with van der Waals surface area (Å²) in [4.78, 5) is 12.2. The van der Waals surface area contributed by atoms with Crippen molar-refractivity contribution in [3.8, 4) is 0 Å². The standard InChI is InChI=1S/C18H20F2N2O3S/c1-11(21)8-17(23)22-18(15-10-13(19)6-7-16(15)20)12-4-3-5-14(9-12)26(2,24)25/h3-7,9-11,18H,8,21H2,1-2H3,(H,22,23). The van der Waals surface area contributed by atoms with Crippen LogP contribution in [-0.4, -0.2) is 26.6 Å². The molecule has 0 saturated heterocycles. The Morgan fingerprint density at radius 2 is 1.88 bits per heavy atom. The topological polar surface area (TPSA) is 89.3 Å². The number of nitrogens with one attached hydrogen (secondary N) is 1. The van der Waals surface area contributed by atoms with Crippen LogP contribution in [-0.2, 0) is 14.6 Å². The summed E-state index contributed by atoms with van der Waals surface area (Å²) in [5.41, 5.74) is 5.82. The highest BCUT2D eigenvalue weighted by atomic mass is 32.2. The Morgan fingerprint density at radius 3 is 2.50 bits per heavy atom. The van der Waals surface area contributed by atoms with Crippen LogP contribution in [0.1, 0.15) is 30.5 Å². The molecule has 0 bridgehead atoms. The summed E-state index contributed by atoms with van der Waals surface area (Å²) in [5.74, 6) is -1.85. The van der Waals surface area contributed by atoms with Crippen molar-refractivity contribution in [2.45, 2.75) is 30.3 Å². The molecule has 2 rings (SSSR count). The van der Waals surface area contributed by atoms with Gasteiger partial charge in [-0.3, -0.25) is 4.79 Å². The quantitative estimate of drug-likeness (QED) is 0.802. The van der Waals surface area contributed by atoms with Gasteiger partial charge in [-0.25, -0.2) is 17.2 Å². The minimum Gasteiger partial charge on any atom is -0.345 e. The van der Waals surface area contributed by atoms with Crippen molar-refractivity contribution in [2.75, 3.05) is 6.26 Å². The predicted octanol–water partition coefficient (Wildman–Crippen LogP) is 2.31. The maximum absolute atomic E-state index is 14.3. The Morgan fingerprint density at radius 1 is 1.19 bits per heavy atom. The van der Waals surface area contributed by atoms with Crippen LogP contribution >= 0.6 is 0 Å². The van der Waals surface area contributed by atoms with Gasteiger partial charge in [0.15, 0.2) is 9.84 Å². The van der Waals surface area contributed by atoms with Crippen LogP contribution in [0.25, 0.3) is 0 Å². The third-order valence-corrected chi connectivity index (χ3v) is 4.81. The molecule has 0 radical (unpaired) electrons. The molecule has 5 nitrogen and oxygen atoms in total. The second kappa shape index (κ2) is 7.92. The Bertz CT molecular complexity index is 914. The van der Waals surface area contributed by atoms with Crippen molar-refractivity contribution >= 4 is 15.7 Å². The molecule has 0 aliphatic heterocycles. The minimum atomic E-state index is -3.51. The zero-order chi connectivity index (χ0) is 19.5. The fraction of sp³-hybridized carbons (Fsp3) is 0.278. The zero-order valence-corrected chi connectivity index (χ0v) is 15.2. The first kappa shape index (κ1) is 20.0. The Balaban J connectivity index is 2.54. The molecule has 26 heavy (non-hydrogen) atoms. The summed E-state index contributed by atoms with van der Waals surface area (Å²) in [6.45, 7) is 1.64. The average Bonchev–Trinajstić information content (AvgIpc) is 2.54. The van der Waals surface area contributed by atoms with Crippen LogP contribution in [0.2, 0.25) is 0 Å². The molecule has 0 aliphatic carbocycles. The van der Waals surface area contributed by atoms with Gasteiger partial charge in [0.1, 0.15) is 11.6 Å². The van der Waals surface area contributed by atoms with Crippen LogP contribution < -0.4 is 11.1 Å². The molecule has 8 heteroatoms. The lowest BCUT2D eigenvalue weighted by Crippen LogP contribution is -2.34. The van der Waals surface area contributed by atoms with Crippen LogP contribution in [0.4, 0.5) is 8.78 Å². The van der Waals surface area contributed by atoms with E-state index in [-0.39, 0.29) is 16.9 Å². The number of rotatable bonds is 6. The van der Waals surface area contributed by atoms with Crippen molar-refractivity contribution in [2.24, 2.45) is 5.73 Å². The molecular formula is C18H20F2N2O3S. The molecule has 2 aromatic carbocycles. The highest BCUT2D eigenvalue weighted by molar-refractivity contribution is 7.90. The molecule has 2 aromatic rings. The highest BCUT2D eigenvalue weighted by Gasteiger charge is 2.22. The van der Waals surface area contributed by atoms with E-state index < -0.39 is 39.5 Å². The number of sulfone groups is 1. The van der Waals surface area contributed by atoms with E-state index >= 15 is 0 Å². The fourth-order valence-corrected chi connectivity index (χ4v) is 3.19. The van der Waals surface area contributed by atoms with Gasteiger partial charge in [-0.05, 0) is 42.8 Å². The van der Waals surface area contributed by atoms with Crippen LogP contribution in [0.5, 0.6) is 0 Å². The number of carbonyl (C=O) groups excluding carboxylic acids is 1. The van der Waals surface area contributed by atoms with Crippen LogP contribution in [0, 0.1) is 11.6 Å². The van der Waals surface area contributed by atoms with Gasteiger partial charge in [-0.2, -0.15) is 0 Å². The largest absolute Gasteiger partial charge is 0.345 e. The monoisotopic (exact) mass is 382 g/mol. The lowest BCUT2D eigenvalue weighted by atomic mass is 9.97. The van der Waals surface area contributed by atoms with Crippen molar-refractivity contribution < 1.29 is 22.0 Å². The van der Waals surface area contributed by atoms with E-state index in [1.807, 2.05) is 0 Å². The second-order valence-electron chi connectivity index (χ2n) is 6.19. The number of nitrogens with two attached hydrogens (primary N) is 1. The van der Waals surface area contributed by atoms with Gasteiger partial charge in [-0.1, -0.05) is 12.1 Å². The lowest BCUT2D eigenvalue weighted by Gasteiger charge is -2.21. The highest BCUT2D eigenvalue weighted by Crippen LogP contribution is 2.27. The molecule has 1 amide bonds. The minimum absolute atomic E-state index is 0.0123. The Kier molecular flexibility index (Phi) is 6.09. The number of halogens is 2. The number of amides is 1. The van der Waals surface area contributed by atoms with Crippen LogP contribution in [0.3, 0.4) is 0 Å². The fourth-order valence-electron chi connectivity index (χ4n) is 2.51. The van der Waals surface area contributed by atoms with Gasteiger partial charge >= 0.3 is 0 Å². The summed E-state index contributed by atoms with van der Waals surface area (Å²) < 4.78 is 51.5. The van der Waals surface area contributed by atoms with E-state index in [4.69, 9.17) is 5.73 Å². The zero-order valence-electron chi connectivity index (χ0n) is 14.4. The first-order valence-corrected chi connectivity index (χ1v) is 9.77. The first-order chi connectivity index (χ1) is 12.1. The van der Waals surface area contributed by atoms with Crippen molar-refractivity contribution in [3.05, 3.63) is 65.2 Å². The molecule has 0 aliphatic rings. The number of benzene rings is 2. The maximum Gasteiger partial charge on any atom is 0.222 e. The molecule has 2 atom stereocenters. The summed E-state index contributed by atoms with van der Waals surface area (Å²) in [5, 5.41) is 2.61. The van der Waals surface area contributed by atoms with Gasteiger partial charge in [0.05, 0.1) is 10.9 Å². The van der Waals surface area contributed by atoms with Gasteiger partial charge in [0.25, 0.3) is 0 Å². The van der Waals surface area contributed by atoms with Gasteiger partial charge in [0, 0.05) is 24.3 Å². The average molecular weight is 382 g/mol. The summed E-state index contributed by atoms with van der Waals surface area (Å²) in [6, 6.07) is 7.15. The number of hydrogen-bond acceptors (Lipinski definition) is 4. The summed E-state index contributed by atoms with van der Waals surface area (Å²) in [6.07, 6.45) is 1.03. The smallest absolute Gasteiger partial charge is 0.222 e. The van der Waals surface area contributed by atoms with E-state index in [0.717, 1.165) is 24.5 Å². The maximum atomic E-state index is 14.3. The van der Waals surface area contributed by atoms with E-state index in [1.54, 1.807) is 6.92 Å².